The second-order valence-electron chi connectivity index (χ2n) is 7.92. The molecule has 1 amide bonds. The Morgan fingerprint density at radius 3 is 2.29 bits per heavy atom. The molecular formula is C21H34N2O. The number of piperidine rings is 1. The second-order valence-corrected chi connectivity index (χ2v) is 7.92. The molecule has 0 radical (unpaired) electrons. The van der Waals surface area contributed by atoms with E-state index in [1.165, 1.54) is 11.1 Å². The van der Waals surface area contributed by atoms with Crippen LogP contribution >= 0.6 is 0 Å². The molecule has 1 aliphatic rings. The maximum Gasteiger partial charge on any atom is 0.223 e. The largest absolute Gasteiger partial charge is 0.356 e. The summed E-state index contributed by atoms with van der Waals surface area (Å²) >= 11 is 0. The van der Waals surface area contributed by atoms with E-state index in [0.29, 0.717) is 11.8 Å². The minimum atomic E-state index is 0.205. The van der Waals surface area contributed by atoms with Crippen molar-refractivity contribution in [1.29, 1.82) is 0 Å². The highest BCUT2D eigenvalue weighted by Gasteiger charge is 2.24. The Morgan fingerprint density at radius 1 is 1.12 bits per heavy atom. The summed E-state index contributed by atoms with van der Waals surface area (Å²) in [6.07, 6.45) is 3.03. The van der Waals surface area contributed by atoms with Crippen molar-refractivity contribution in [2.45, 2.75) is 59.4 Å². The van der Waals surface area contributed by atoms with Gasteiger partial charge in [0, 0.05) is 19.0 Å². The smallest absolute Gasteiger partial charge is 0.223 e. The molecule has 1 fully saturated rings. The van der Waals surface area contributed by atoms with E-state index in [1.54, 1.807) is 0 Å². The van der Waals surface area contributed by atoms with Crippen LogP contribution in [0.1, 0.15) is 64.0 Å². The summed E-state index contributed by atoms with van der Waals surface area (Å²) < 4.78 is 0. The van der Waals surface area contributed by atoms with Crippen molar-refractivity contribution in [3.8, 4) is 0 Å². The number of likely N-dealkylation sites (tertiary alicyclic amines) is 1. The van der Waals surface area contributed by atoms with E-state index in [0.717, 1.165) is 45.4 Å². The van der Waals surface area contributed by atoms with Crippen LogP contribution in [0.25, 0.3) is 0 Å². The first kappa shape index (κ1) is 19.0. The number of carbonyl (C=O) groups excluding carboxylic acids is 1. The monoisotopic (exact) mass is 330 g/mol. The molecule has 0 aliphatic carbocycles. The molecule has 0 atom stereocenters. The van der Waals surface area contributed by atoms with Crippen LogP contribution in [-0.4, -0.2) is 30.4 Å². The predicted molar refractivity (Wildman–Crippen MR) is 101 cm³/mol. The number of nitrogens with one attached hydrogen (secondary N) is 1. The number of rotatable bonds is 7. The van der Waals surface area contributed by atoms with Gasteiger partial charge in [-0.25, -0.2) is 0 Å². The lowest BCUT2D eigenvalue weighted by Crippen LogP contribution is -2.40. The average molecular weight is 331 g/mol. The van der Waals surface area contributed by atoms with Crippen molar-refractivity contribution in [2.75, 3.05) is 19.6 Å². The van der Waals surface area contributed by atoms with E-state index < -0.39 is 0 Å². The maximum absolute atomic E-state index is 12.2. The molecule has 1 aromatic carbocycles. The third-order valence-electron chi connectivity index (χ3n) is 5.03. The molecule has 1 N–H and O–H groups in total. The maximum atomic E-state index is 12.2. The summed E-state index contributed by atoms with van der Waals surface area (Å²) in [5.41, 5.74) is 2.77. The fourth-order valence-electron chi connectivity index (χ4n) is 3.25. The van der Waals surface area contributed by atoms with Crippen LogP contribution in [0.5, 0.6) is 0 Å². The summed E-state index contributed by atoms with van der Waals surface area (Å²) in [5, 5.41) is 3.11. The quantitative estimate of drug-likeness (QED) is 0.813. The number of carbonyl (C=O) groups is 1. The first-order chi connectivity index (χ1) is 11.5. The van der Waals surface area contributed by atoms with Gasteiger partial charge in [-0.3, -0.25) is 9.69 Å². The third kappa shape index (κ3) is 5.94. The number of nitrogens with zero attached hydrogens (tertiary/aromatic N) is 1. The minimum Gasteiger partial charge on any atom is -0.356 e. The molecule has 3 nitrogen and oxygen atoms in total. The lowest BCUT2D eigenvalue weighted by atomic mass is 9.95. The molecule has 2 rings (SSSR count). The van der Waals surface area contributed by atoms with Crippen molar-refractivity contribution in [2.24, 2.45) is 11.8 Å². The van der Waals surface area contributed by atoms with Crippen molar-refractivity contribution < 1.29 is 4.79 Å². The molecule has 1 heterocycles. The van der Waals surface area contributed by atoms with E-state index in [4.69, 9.17) is 0 Å². The van der Waals surface area contributed by atoms with Gasteiger partial charge >= 0.3 is 0 Å². The minimum absolute atomic E-state index is 0.205. The lowest BCUT2D eigenvalue weighted by Gasteiger charge is -2.31. The second kappa shape index (κ2) is 9.22. The highest BCUT2D eigenvalue weighted by Crippen LogP contribution is 2.20. The fraction of sp³-hybridized carbons (Fsp3) is 0.667. The Balaban J connectivity index is 1.73. The van der Waals surface area contributed by atoms with Gasteiger partial charge in [-0.15, -0.1) is 0 Å². The highest BCUT2D eigenvalue weighted by molar-refractivity contribution is 5.78. The summed E-state index contributed by atoms with van der Waals surface area (Å²) in [6, 6.07) is 8.99. The Bertz CT molecular complexity index is 499. The Morgan fingerprint density at radius 2 is 1.75 bits per heavy atom. The standard InChI is InChI=1S/C21H34N2O/c1-16(2)9-12-22-21(24)20-10-13-23(14-11-20)15-18-5-7-19(8-6-18)17(3)4/h5-8,16-17,20H,9-15H2,1-4H3,(H,22,24). The molecule has 134 valence electrons. The SMILES string of the molecule is CC(C)CCNC(=O)C1CCN(Cc2ccc(C(C)C)cc2)CC1. The molecule has 1 saturated heterocycles. The molecule has 0 spiro atoms. The van der Waals surface area contributed by atoms with Crippen molar-refractivity contribution in [3.05, 3.63) is 35.4 Å². The molecule has 0 unspecified atom stereocenters. The van der Waals surface area contributed by atoms with Crippen LogP contribution < -0.4 is 5.32 Å². The van der Waals surface area contributed by atoms with Gasteiger partial charge < -0.3 is 5.32 Å². The molecule has 0 aromatic heterocycles. The summed E-state index contributed by atoms with van der Waals surface area (Å²) in [4.78, 5) is 14.7. The number of hydrogen-bond acceptors (Lipinski definition) is 2. The molecule has 0 bridgehead atoms. The van der Waals surface area contributed by atoms with Crippen molar-refractivity contribution in [3.63, 3.8) is 0 Å². The first-order valence-electron chi connectivity index (χ1n) is 9.54. The van der Waals surface area contributed by atoms with E-state index in [2.05, 4.69) is 62.2 Å². The summed E-state index contributed by atoms with van der Waals surface area (Å²) in [6.45, 7) is 12.7. The first-order valence-corrected chi connectivity index (χ1v) is 9.54. The van der Waals surface area contributed by atoms with E-state index in [9.17, 15) is 4.79 Å². The number of hydrogen-bond donors (Lipinski definition) is 1. The van der Waals surface area contributed by atoms with Gasteiger partial charge in [0.15, 0.2) is 0 Å². The van der Waals surface area contributed by atoms with Crippen molar-refractivity contribution >= 4 is 5.91 Å². The van der Waals surface area contributed by atoms with E-state index in [-0.39, 0.29) is 11.8 Å². The Hall–Kier alpha value is -1.35. The van der Waals surface area contributed by atoms with E-state index >= 15 is 0 Å². The van der Waals surface area contributed by atoms with Crippen LogP contribution in [-0.2, 0) is 11.3 Å². The third-order valence-corrected chi connectivity index (χ3v) is 5.03. The predicted octanol–water partition coefficient (Wildman–Crippen LogP) is 4.18. The van der Waals surface area contributed by atoms with Crippen LogP contribution in [0.2, 0.25) is 0 Å². The van der Waals surface area contributed by atoms with E-state index in [1.807, 2.05) is 0 Å². The average Bonchev–Trinajstić information content (AvgIpc) is 2.55. The van der Waals surface area contributed by atoms with Gasteiger partial charge in [-0.05, 0) is 55.3 Å². The van der Waals surface area contributed by atoms with Crippen LogP contribution in [0.3, 0.4) is 0 Å². The number of amides is 1. The van der Waals surface area contributed by atoms with Gasteiger partial charge in [0.2, 0.25) is 5.91 Å². The highest BCUT2D eigenvalue weighted by atomic mass is 16.1. The molecule has 1 aromatic rings. The van der Waals surface area contributed by atoms with Gasteiger partial charge in [0.05, 0.1) is 0 Å². The molecular weight excluding hydrogens is 296 g/mol. The molecule has 3 heteroatoms. The van der Waals surface area contributed by atoms with Crippen LogP contribution in [0.15, 0.2) is 24.3 Å². The normalized spacial score (nSPS) is 16.8. The molecule has 24 heavy (non-hydrogen) atoms. The van der Waals surface area contributed by atoms with Gasteiger partial charge in [0.1, 0.15) is 0 Å². The molecule has 0 saturated carbocycles. The Kier molecular flexibility index (Phi) is 7.29. The zero-order chi connectivity index (χ0) is 17.5. The number of benzene rings is 1. The van der Waals surface area contributed by atoms with Gasteiger partial charge in [-0.1, -0.05) is 52.0 Å². The van der Waals surface area contributed by atoms with Crippen LogP contribution in [0, 0.1) is 11.8 Å². The topological polar surface area (TPSA) is 32.3 Å². The lowest BCUT2D eigenvalue weighted by molar-refractivity contribution is -0.126. The zero-order valence-corrected chi connectivity index (χ0v) is 15.8. The Labute approximate surface area is 147 Å². The zero-order valence-electron chi connectivity index (χ0n) is 15.8. The fourth-order valence-corrected chi connectivity index (χ4v) is 3.25. The molecule has 1 aliphatic heterocycles. The summed E-state index contributed by atoms with van der Waals surface area (Å²) in [5.74, 6) is 1.70. The van der Waals surface area contributed by atoms with Crippen molar-refractivity contribution in [1.82, 2.24) is 10.2 Å². The van der Waals surface area contributed by atoms with Crippen LogP contribution in [0.4, 0.5) is 0 Å². The van der Waals surface area contributed by atoms with Gasteiger partial charge in [0.25, 0.3) is 0 Å². The van der Waals surface area contributed by atoms with Gasteiger partial charge in [-0.2, -0.15) is 0 Å². The summed E-state index contributed by atoms with van der Waals surface area (Å²) in [7, 11) is 0.